The largest absolute Gasteiger partial charge is 0.484 e. The number of carbonyl (C=O) groups is 2. The van der Waals surface area contributed by atoms with E-state index in [-0.39, 0.29) is 17.4 Å². The molecular weight excluding hydrogens is 428 g/mol. The van der Waals surface area contributed by atoms with Gasteiger partial charge in [0.25, 0.3) is 15.9 Å². The number of anilines is 1. The molecule has 3 rings (SSSR count). The molecule has 2 aromatic carbocycles. The molecule has 10 heteroatoms. The summed E-state index contributed by atoms with van der Waals surface area (Å²) in [5.74, 6) is -0.250. The van der Waals surface area contributed by atoms with Gasteiger partial charge >= 0.3 is 5.97 Å². The molecule has 0 saturated carbocycles. The summed E-state index contributed by atoms with van der Waals surface area (Å²) in [6, 6.07) is 12.5. The number of nitrogens with one attached hydrogen (secondary N) is 1. The maximum Gasteiger partial charge on any atom is 0.348 e. The number of hydrogen-bond acceptors (Lipinski definition) is 7. The molecule has 0 saturated heterocycles. The van der Waals surface area contributed by atoms with Crippen molar-refractivity contribution in [2.45, 2.75) is 4.90 Å². The fraction of sp³-hybridized carbons (Fsp3) is 0.200. The summed E-state index contributed by atoms with van der Waals surface area (Å²) in [6.07, 6.45) is 0. The first kappa shape index (κ1) is 21.6. The Morgan fingerprint density at radius 2 is 1.77 bits per heavy atom. The van der Waals surface area contributed by atoms with Crippen molar-refractivity contribution in [1.82, 2.24) is 4.90 Å². The minimum absolute atomic E-state index is 0.0504. The van der Waals surface area contributed by atoms with Gasteiger partial charge in [0.15, 0.2) is 6.61 Å². The summed E-state index contributed by atoms with van der Waals surface area (Å²) in [7, 11) is 0.725. The molecule has 1 aromatic heterocycles. The van der Waals surface area contributed by atoms with Gasteiger partial charge in [0.1, 0.15) is 10.6 Å². The number of ether oxygens (including phenoxy) is 2. The number of benzene rings is 2. The van der Waals surface area contributed by atoms with E-state index in [0.717, 1.165) is 10.1 Å². The normalized spacial score (nSPS) is 11.2. The summed E-state index contributed by atoms with van der Waals surface area (Å²) in [6.45, 7) is -0.133. The van der Waals surface area contributed by atoms with Crippen LogP contribution >= 0.6 is 11.3 Å². The van der Waals surface area contributed by atoms with Gasteiger partial charge in [-0.3, -0.25) is 9.52 Å². The molecule has 0 spiro atoms. The number of esters is 1. The van der Waals surface area contributed by atoms with Crippen molar-refractivity contribution in [3.63, 3.8) is 0 Å². The topological polar surface area (TPSA) is 102 Å². The Bertz CT molecular complexity index is 1180. The minimum atomic E-state index is -3.83. The average Bonchev–Trinajstić information content (AvgIpc) is 3.14. The number of rotatable bonds is 7. The van der Waals surface area contributed by atoms with E-state index in [1.54, 1.807) is 38.4 Å². The molecule has 8 nitrogen and oxygen atoms in total. The fourth-order valence-corrected chi connectivity index (χ4v) is 4.52. The van der Waals surface area contributed by atoms with Crippen molar-refractivity contribution in [2.75, 3.05) is 32.5 Å². The maximum absolute atomic E-state index is 12.7. The van der Waals surface area contributed by atoms with Crippen LogP contribution in [0.25, 0.3) is 10.1 Å². The first-order valence-corrected chi connectivity index (χ1v) is 11.1. The SMILES string of the molecule is COC(=O)c1cc2cc(NS(=O)(=O)c3ccc(OCC(=O)N(C)C)cc3)ccc2s1. The molecule has 0 aliphatic rings. The zero-order chi connectivity index (χ0) is 21.9. The third-order valence-corrected chi connectivity index (χ3v) is 6.64. The van der Waals surface area contributed by atoms with Crippen LogP contribution in [0.2, 0.25) is 0 Å². The van der Waals surface area contributed by atoms with Crippen LogP contribution in [0.5, 0.6) is 5.75 Å². The number of likely N-dealkylation sites (N-methyl/N-ethyl adjacent to an activating group) is 1. The summed E-state index contributed by atoms with van der Waals surface area (Å²) < 4.78 is 38.8. The van der Waals surface area contributed by atoms with Crippen LogP contribution in [-0.4, -0.2) is 53.0 Å². The number of fused-ring (bicyclic) bond motifs is 1. The second kappa shape index (κ2) is 8.72. The van der Waals surface area contributed by atoms with Gasteiger partial charge in [-0.15, -0.1) is 11.3 Å². The predicted molar refractivity (Wildman–Crippen MR) is 115 cm³/mol. The zero-order valence-corrected chi connectivity index (χ0v) is 18.2. The number of methoxy groups -OCH3 is 1. The minimum Gasteiger partial charge on any atom is -0.484 e. The van der Waals surface area contributed by atoms with E-state index in [1.807, 2.05) is 0 Å². The highest BCUT2D eigenvalue weighted by Gasteiger charge is 2.16. The first-order chi connectivity index (χ1) is 14.2. The Kier molecular flexibility index (Phi) is 6.28. The van der Waals surface area contributed by atoms with Gasteiger partial charge in [-0.25, -0.2) is 13.2 Å². The number of sulfonamides is 1. The van der Waals surface area contributed by atoms with Crippen molar-refractivity contribution in [2.24, 2.45) is 0 Å². The highest BCUT2D eigenvalue weighted by Crippen LogP contribution is 2.29. The maximum atomic E-state index is 12.7. The van der Waals surface area contributed by atoms with Gasteiger partial charge < -0.3 is 14.4 Å². The molecular formula is C20H20N2O6S2. The second-order valence-electron chi connectivity index (χ2n) is 6.51. The lowest BCUT2D eigenvalue weighted by Crippen LogP contribution is -2.27. The van der Waals surface area contributed by atoms with E-state index in [2.05, 4.69) is 4.72 Å². The Balaban J connectivity index is 1.74. The van der Waals surface area contributed by atoms with E-state index < -0.39 is 16.0 Å². The molecule has 1 heterocycles. The number of amides is 1. The summed E-state index contributed by atoms with van der Waals surface area (Å²) in [4.78, 5) is 25.1. The van der Waals surface area contributed by atoms with Gasteiger partial charge in [0.2, 0.25) is 0 Å². The summed E-state index contributed by atoms with van der Waals surface area (Å²) in [5.41, 5.74) is 0.369. The molecule has 158 valence electrons. The molecule has 0 aliphatic heterocycles. The number of hydrogen-bond donors (Lipinski definition) is 1. The number of nitrogens with zero attached hydrogens (tertiary/aromatic N) is 1. The highest BCUT2D eigenvalue weighted by atomic mass is 32.2. The van der Waals surface area contributed by atoms with Gasteiger partial charge in [-0.05, 0) is 53.9 Å². The highest BCUT2D eigenvalue weighted by molar-refractivity contribution is 7.92. The van der Waals surface area contributed by atoms with Gasteiger partial charge in [-0.1, -0.05) is 0 Å². The van der Waals surface area contributed by atoms with Crippen molar-refractivity contribution in [3.05, 3.63) is 53.4 Å². The van der Waals surface area contributed by atoms with Crippen molar-refractivity contribution in [1.29, 1.82) is 0 Å². The molecule has 0 radical (unpaired) electrons. The van der Waals surface area contributed by atoms with Crippen LogP contribution in [0.3, 0.4) is 0 Å². The Labute approximate surface area is 178 Å². The molecule has 0 aliphatic carbocycles. The zero-order valence-electron chi connectivity index (χ0n) is 16.5. The second-order valence-corrected chi connectivity index (χ2v) is 9.27. The lowest BCUT2D eigenvalue weighted by Gasteiger charge is -2.12. The van der Waals surface area contributed by atoms with Crippen LogP contribution in [-0.2, 0) is 19.6 Å². The Hall–Kier alpha value is -3.11. The lowest BCUT2D eigenvalue weighted by molar-refractivity contribution is -0.130. The molecule has 0 fully saturated rings. The molecule has 0 atom stereocenters. The van der Waals surface area contributed by atoms with Gasteiger partial charge in [0.05, 0.1) is 12.0 Å². The average molecular weight is 449 g/mol. The van der Waals surface area contributed by atoms with Crippen molar-refractivity contribution in [3.8, 4) is 5.75 Å². The molecule has 0 unspecified atom stereocenters. The Morgan fingerprint density at radius 3 is 2.40 bits per heavy atom. The van der Waals surface area contributed by atoms with Crippen LogP contribution < -0.4 is 9.46 Å². The van der Waals surface area contributed by atoms with Gasteiger partial charge in [0, 0.05) is 24.5 Å². The monoisotopic (exact) mass is 448 g/mol. The molecule has 30 heavy (non-hydrogen) atoms. The van der Waals surface area contributed by atoms with Crippen LogP contribution in [0, 0.1) is 0 Å². The Morgan fingerprint density at radius 1 is 1.07 bits per heavy atom. The summed E-state index contributed by atoms with van der Waals surface area (Å²) in [5, 5.41) is 0.731. The van der Waals surface area contributed by atoms with Gasteiger partial charge in [-0.2, -0.15) is 0 Å². The number of thiophene rings is 1. The molecule has 3 aromatic rings. The van der Waals surface area contributed by atoms with Crippen molar-refractivity contribution >= 4 is 49.0 Å². The fourth-order valence-electron chi connectivity index (χ4n) is 2.51. The predicted octanol–water partition coefficient (Wildman–Crippen LogP) is 2.96. The molecule has 1 amide bonds. The van der Waals surface area contributed by atoms with E-state index in [1.165, 1.54) is 47.6 Å². The van der Waals surface area contributed by atoms with Crippen molar-refractivity contribution < 1.29 is 27.5 Å². The van der Waals surface area contributed by atoms with E-state index in [0.29, 0.717) is 16.3 Å². The third-order valence-electron chi connectivity index (χ3n) is 4.15. The van der Waals surface area contributed by atoms with E-state index >= 15 is 0 Å². The lowest BCUT2D eigenvalue weighted by atomic mass is 10.2. The van der Waals surface area contributed by atoms with E-state index in [9.17, 15) is 18.0 Å². The molecule has 0 bridgehead atoms. The van der Waals surface area contributed by atoms with Crippen LogP contribution in [0.1, 0.15) is 9.67 Å². The van der Waals surface area contributed by atoms with E-state index in [4.69, 9.17) is 9.47 Å². The quantitative estimate of drug-likeness (QED) is 0.558. The van der Waals surface area contributed by atoms with Crippen LogP contribution in [0.15, 0.2) is 53.4 Å². The van der Waals surface area contributed by atoms with Crippen LogP contribution in [0.4, 0.5) is 5.69 Å². The summed E-state index contributed by atoms with van der Waals surface area (Å²) >= 11 is 1.27. The smallest absolute Gasteiger partial charge is 0.348 e. The standard InChI is InChI=1S/C20H20N2O6S2/c1-22(2)19(23)12-28-15-5-7-16(8-6-15)30(25,26)21-14-4-9-17-13(10-14)11-18(29-17)20(24)27-3/h4-11,21H,12H2,1-3H3. The first-order valence-electron chi connectivity index (χ1n) is 8.77. The number of carbonyl (C=O) groups excluding carboxylic acids is 2. The molecule has 1 N–H and O–H groups in total. The third kappa shape index (κ3) is 4.89.